The first-order valence-corrected chi connectivity index (χ1v) is 7.37. The summed E-state index contributed by atoms with van der Waals surface area (Å²) in [4.78, 5) is 15.9. The molecule has 0 unspecified atom stereocenters. The van der Waals surface area contributed by atoms with Gasteiger partial charge in [-0.05, 0) is 34.1 Å². The van der Waals surface area contributed by atoms with Crippen molar-refractivity contribution in [3.8, 4) is 0 Å². The Labute approximate surface area is 131 Å². The summed E-state index contributed by atoms with van der Waals surface area (Å²) in [6, 6.07) is 5.88. The van der Waals surface area contributed by atoms with E-state index in [1.165, 1.54) is 0 Å². The van der Waals surface area contributed by atoms with Crippen molar-refractivity contribution in [1.29, 1.82) is 0 Å². The van der Waals surface area contributed by atoms with Gasteiger partial charge in [0.25, 0.3) is 0 Å². The molecule has 0 aliphatic rings. The minimum absolute atomic E-state index is 0.512. The minimum atomic E-state index is 0.512. The van der Waals surface area contributed by atoms with Crippen molar-refractivity contribution in [2.24, 2.45) is 0 Å². The van der Waals surface area contributed by atoms with E-state index in [0.29, 0.717) is 17.4 Å². The van der Waals surface area contributed by atoms with Crippen molar-refractivity contribution in [2.75, 3.05) is 17.7 Å². The number of rotatable bonds is 3. The van der Waals surface area contributed by atoms with Gasteiger partial charge in [-0.2, -0.15) is 9.97 Å². The number of H-pyrrole nitrogens is 1. The van der Waals surface area contributed by atoms with Gasteiger partial charge in [0.15, 0.2) is 11.5 Å². The third-order valence-electron chi connectivity index (χ3n) is 2.69. The molecule has 0 saturated carbocycles. The summed E-state index contributed by atoms with van der Waals surface area (Å²) in [5.41, 5.74) is 2.27. The quantitative estimate of drug-likeness (QED) is 0.628. The number of halogens is 2. The van der Waals surface area contributed by atoms with Gasteiger partial charge in [0, 0.05) is 16.0 Å². The summed E-state index contributed by atoms with van der Waals surface area (Å²) in [7, 11) is 1.77. The molecule has 0 atom stereocenters. The van der Waals surface area contributed by atoms with Crippen molar-refractivity contribution >= 4 is 60.5 Å². The molecule has 102 valence electrons. The van der Waals surface area contributed by atoms with Crippen LogP contribution in [0, 0.1) is 0 Å². The normalized spacial score (nSPS) is 10.8. The van der Waals surface area contributed by atoms with E-state index in [-0.39, 0.29) is 0 Å². The van der Waals surface area contributed by atoms with Gasteiger partial charge >= 0.3 is 0 Å². The Balaban J connectivity index is 2.09. The van der Waals surface area contributed by atoms with Crippen LogP contribution in [0.2, 0.25) is 0 Å². The van der Waals surface area contributed by atoms with Crippen molar-refractivity contribution in [3.05, 3.63) is 33.5 Å². The number of aromatic amines is 1. The monoisotopic (exact) mass is 396 g/mol. The molecule has 0 aliphatic carbocycles. The summed E-state index contributed by atoms with van der Waals surface area (Å²) in [5.74, 6) is 1.17. The maximum Gasteiger partial charge on any atom is 0.226 e. The molecule has 0 bridgehead atoms. The summed E-state index contributed by atoms with van der Waals surface area (Å²) >= 11 is 6.96. The first kappa shape index (κ1) is 13.3. The Kier molecular flexibility index (Phi) is 3.58. The van der Waals surface area contributed by atoms with Crippen molar-refractivity contribution in [2.45, 2.75) is 0 Å². The van der Waals surface area contributed by atoms with E-state index in [9.17, 15) is 0 Å². The van der Waals surface area contributed by atoms with Gasteiger partial charge in [-0.3, -0.25) is 0 Å². The number of benzene rings is 1. The van der Waals surface area contributed by atoms with Crippen LogP contribution in [-0.2, 0) is 0 Å². The zero-order valence-corrected chi connectivity index (χ0v) is 13.6. The molecule has 0 saturated heterocycles. The topological polar surface area (TPSA) is 78.5 Å². The fourth-order valence-electron chi connectivity index (χ4n) is 1.76. The van der Waals surface area contributed by atoms with Gasteiger partial charge in [-0.15, -0.1) is 0 Å². The van der Waals surface area contributed by atoms with Crippen molar-refractivity contribution in [1.82, 2.24) is 19.9 Å². The van der Waals surface area contributed by atoms with Crippen LogP contribution in [0.3, 0.4) is 0 Å². The smallest absolute Gasteiger partial charge is 0.226 e. The third-order valence-corrected chi connectivity index (χ3v) is 3.88. The van der Waals surface area contributed by atoms with Crippen molar-refractivity contribution < 1.29 is 0 Å². The molecule has 2 aromatic heterocycles. The lowest BCUT2D eigenvalue weighted by Gasteiger charge is -2.10. The number of anilines is 3. The van der Waals surface area contributed by atoms with Crippen LogP contribution in [0.1, 0.15) is 0 Å². The lowest BCUT2D eigenvalue weighted by atomic mass is 10.3. The first-order chi connectivity index (χ1) is 9.67. The van der Waals surface area contributed by atoms with Crippen LogP contribution in [0.4, 0.5) is 17.5 Å². The number of nitrogens with zero attached hydrogens (tertiary/aromatic N) is 3. The second-order valence-corrected chi connectivity index (χ2v) is 5.77. The lowest BCUT2D eigenvalue weighted by molar-refractivity contribution is 1.18. The van der Waals surface area contributed by atoms with Crippen LogP contribution in [0.25, 0.3) is 11.2 Å². The number of fused-ring (bicyclic) bond motifs is 1. The van der Waals surface area contributed by atoms with Crippen LogP contribution < -0.4 is 10.6 Å². The molecule has 0 amide bonds. The van der Waals surface area contributed by atoms with E-state index in [4.69, 9.17) is 0 Å². The lowest BCUT2D eigenvalue weighted by Crippen LogP contribution is -2.02. The molecule has 0 radical (unpaired) electrons. The van der Waals surface area contributed by atoms with Crippen molar-refractivity contribution in [3.63, 3.8) is 0 Å². The SMILES string of the molecule is CNc1nc(Nc2cc(Br)ccc2Br)c2[nH]cnc2n1. The van der Waals surface area contributed by atoms with Crippen LogP contribution in [0.5, 0.6) is 0 Å². The second kappa shape index (κ2) is 5.37. The number of aromatic nitrogens is 4. The highest BCUT2D eigenvalue weighted by Gasteiger charge is 2.11. The number of nitrogens with one attached hydrogen (secondary N) is 3. The highest BCUT2D eigenvalue weighted by atomic mass is 79.9. The first-order valence-electron chi connectivity index (χ1n) is 5.78. The molecule has 2 heterocycles. The fourth-order valence-corrected chi connectivity index (χ4v) is 2.46. The molecule has 0 spiro atoms. The Morgan fingerprint density at radius 3 is 2.85 bits per heavy atom. The number of imidazole rings is 1. The van der Waals surface area contributed by atoms with Gasteiger partial charge in [0.2, 0.25) is 5.95 Å². The molecule has 0 fully saturated rings. The zero-order valence-electron chi connectivity index (χ0n) is 10.4. The summed E-state index contributed by atoms with van der Waals surface area (Å²) in [6.45, 7) is 0. The van der Waals surface area contributed by atoms with E-state index >= 15 is 0 Å². The van der Waals surface area contributed by atoms with Gasteiger partial charge in [0.05, 0.1) is 12.0 Å². The molecule has 20 heavy (non-hydrogen) atoms. The minimum Gasteiger partial charge on any atom is -0.357 e. The standard InChI is InChI=1S/C12H10Br2N6/c1-15-12-19-10-9(16-5-17-10)11(20-12)18-8-4-6(13)2-3-7(8)14/h2-5H,1H3,(H3,15,16,17,18,19,20). The Morgan fingerprint density at radius 1 is 1.20 bits per heavy atom. The van der Waals surface area contributed by atoms with Crippen LogP contribution in [-0.4, -0.2) is 27.0 Å². The van der Waals surface area contributed by atoms with Gasteiger partial charge < -0.3 is 15.6 Å². The summed E-state index contributed by atoms with van der Waals surface area (Å²) in [5, 5.41) is 6.20. The Bertz CT molecular complexity index is 770. The number of hydrogen-bond donors (Lipinski definition) is 3. The maximum absolute atomic E-state index is 4.42. The maximum atomic E-state index is 4.42. The van der Waals surface area contributed by atoms with E-state index in [2.05, 4.69) is 62.4 Å². The van der Waals surface area contributed by atoms with E-state index in [0.717, 1.165) is 20.1 Å². The summed E-state index contributed by atoms with van der Waals surface area (Å²) < 4.78 is 1.92. The van der Waals surface area contributed by atoms with Crippen LogP contribution in [0.15, 0.2) is 33.5 Å². The van der Waals surface area contributed by atoms with E-state index < -0.39 is 0 Å². The summed E-state index contributed by atoms with van der Waals surface area (Å²) in [6.07, 6.45) is 1.60. The predicted molar refractivity (Wildman–Crippen MR) is 86.4 cm³/mol. The molecule has 6 nitrogen and oxygen atoms in total. The predicted octanol–water partition coefficient (Wildman–Crippen LogP) is 3.66. The third kappa shape index (κ3) is 2.48. The molecular formula is C12H10Br2N6. The van der Waals surface area contributed by atoms with Gasteiger partial charge in [-0.25, -0.2) is 4.98 Å². The number of hydrogen-bond acceptors (Lipinski definition) is 5. The molecule has 1 aromatic carbocycles. The van der Waals surface area contributed by atoms with E-state index in [1.54, 1.807) is 13.4 Å². The molecule has 3 N–H and O–H groups in total. The highest BCUT2D eigenvalue weighted by molar-refractivity contribution is 9.11. The van der Waals surface area contributed by atoms with Gasteiger partial charge in [-0.1, -0.05) is 15.9 Å². The molecule has 8 heteroatoms. The highest BCUT2D eigenvalue weighted by Crippen LogP contribution is 2.30. The van der Waals surface area contributed by atoms with Gasteiger partial charge in [0.1, 0.15) is 5.52 Å². The largest absolute Gasteiger partial charge is 0.357 e. The molecule has 0 aliphatic heterocycles. The molecular weight excluding hydrogens is 388 g/mol. The average molecular weight is 398 g/mol. The van der Waals surface area contributed by atoms with Crippen LogP contribution >= 0.6 is 31.9 Å². The Hall–Kier alpha value is -1.67. The fraction of sp³-hybridized carbons (Fsp3) is 0.0833. The second-order valence-electron chi connectivity index (χ2n) is 4.00. The van der Waals surface area contributed by atoms with E-state index in [1.807, 2.05) is 18.2 Å². The average Bonchev–Trinajstić information content (AvgIpc) is 2.91. The molecule has 3 rings (SSSR count). The Morgan fingerprint density at radius 2 is 2.05 bits per heavy atom. The zero-order chi connectivity index (χ0) is 14.1. The molecule has 3 aromatic rings.